The van der Waals surface area contributed by atoms with Crippen LogP contribution in [0.3, 0.4) is 0 Å². The molecule has 0 aliphatic carbocycles. The standard InChI is InChI=1S/C15H10BrNO/c16-13-14(11-7-3-1-4-8-11)17-18-15(13)12-9-5-2-6-10-12/h1-10H. The summed E-state index contributed by atoms with van der Waals surface area (Å²) in [5.41, 5.74) is 2.88. The molecule has 0 spiro atoms. The Morgan fingerprint density at radius 1 is 0.778 bits per heavy atom. The summed E-state index contributed by atoms with van der Waals surface area (Å²) in [6.45, 7) is 0. The second-order valence-electron chi connectivity index (χ2n) is 3.91. The highest BCUT2D eigenvalue weighted by molar-refractivity contribution is 9.10. The SMILES string of the molecule is Brc1c(-c2ccccc2)noc1-c1ccccc1. The molecule has 0 bridgehead atoms. The molecule has 0 atom stereocenters. The lowest BCUT2D eigenvalue weighted by Crippen LogP contribution is -1.77. The summed E-state index contributed by atoms with van der Waals surface area (Å²) in [7, 11) is 0. The molecule has 3 rings (SSSR count). The fourth-order valence-electron chi connectivity index (χ4n) is 1.82. The van der Waals surface area contributed by atoms with Gasteiger partial charge in [0.25, 0.3) is 0 Å². The van der Waals surface area contributed by atoms with Crippen LogP contribution in [-0.4, -0.2) is 5.16 Å². The van der Waals surface area contributed by atoms with Crippen molar-refractivity contribution >= 4 is 15.9 Å². The van der Waals surface area contributed by atoms with E-state index in [1.807, 2.05) is 60.7 Å². The van der Waals surface area contributed by atoms with Crippen molar-refractivity contribution in [3.8, 4) is 22.6 Å². The Bertz CT molecular complexity index is 590. The third-order valence-corrected chi connectivity index (χ3v) is 3.45. The minimum Gasteiger partial charge on any atom is -0.354 e. The molecule has 0 fully saturated rings. The molecule has 0 saturated heterocycles. The largest absolute Gasteiger partial charge is 0.354 e. The van der Waals surface area contributed by atoms with E-state index < -0.39 is 0 Å². The van der Waals surface area contributed by atoms with Crippen molar-refractivity contribution in [1.29, 1.82) is 0 Å². The van der Waals surface area contributed by atoms with E-state index in [0.717, 1.165) is 27.1 Å². The van der Waals surface area contributed by atoms with Gasteiger partial charge in [-0.3, -0.25) is 0 Å². The van der Waals surface area contributed by atoms with E-state index in [4.69, 9.17) is 4.52 Å². The maximum atomic E-state index is 5.44. The molecule has 2 aromatic carbocycles. The Labute approximate surface area is 113 Å². The van der Waals surface area contributed by atoms with Crippen LogP contribution in [-0.2, 0) is 0 Å². The lowest BCUT2D eigenvalue weighted by molar-refractivity contribution is 0.434. The summed E-state index contributed by atoms with van der Waals surface area (Å²) >= 11 is 3.57. The normalized spacial score (nSPS) is 10.5. The van der Waals surface area contributed by atoms with Crippen LogP contribution in [0.4, 0.5) is 0 Å². The van der Waals surface area contributed by atoms with Gasteiger partial charge in [0.1, 0.15) is 5.69 Å². The van der Waals surface area contributed by atoms with Crippen LogP contribution in [0.1, 0.15) is 0 Å². The number of nitrogens with zero attached hydrogens (tertiary/aromatic N) is 1. The highest BCUT2D eigenvalue weighted by Gasteiger charge is 2.15. The van der Waals surface area contributed by atoms with E-state index >= 15 is 0 Å². The van der Waals surface area contributed by atoms with Crippen molar-refractivity contribution in [2.45, 2.75) is 0 Å². The van der Waals surface area contributed by atoms with Gasteiger partial charge < -0.3 is 4.52 Å². The number of hydrogen-bond donors (Lipinski definition) is 0. The number of benzene rings is 2. The number of hydrogen-bond acceptors (Lipinski definition) is 2. The van der Waals surface area contributed by atoms with Crippen molar-refractivity contribution in [3.05, 3.63) is 65.1 Å². The number of halogens is 1. The first-order valence-electron chi connectivity index (χ1n) is 5.62. The molecule has 88 valence electrons. The first-order chi connectivity index (χ1) is 8.86. The lowest BCUT2D eigenvalue weighted by Gasteiger charge is -1.97. The number of aromatic nitrogens is 1. The van der Waals surface area contributed by atoms with Gasteiger partial charge in [0.2, 0.25) is 0 Å². The summed E-state index contributed by atoms with van der Waals surface area (Å²) in [5, 5.41) is 4.14. The Balaban J connectivity index is 2.09. The van der Waals surface area contributed by atoms with Crippen LogP contribution in [0.2, 0.25) is 0 Å². The van der Waals surface area contributed by atoms with E-state index in [0.29, 0.717) is 0 Å². The minimum atomic E-state index is 0.759. The highest BCUT2D eigenvalue weighted by Crippen LogP contribution is 2.36. The second kappa shape index (κ2) is 4.78. The van der Waals surface area contributed by atoms with Crippen LogP contribution in [0, 0.1) is 0 Å². The highest BCUT2D eigenvalue weighted by atomic mass is 79.9. The molecule has 3 aromatic rings. The number of rotatable bonds is 2. The van der Waals surface area contributed by atoms with Gasteiger partial charge in [0.15, 0.2) is 5.76 Å². The van der Waals surface area contributed by atoms with Crippen molar-refractivity contribution in [2.24, 2.45) is 0 Å². The average Bonchev–Trinajstić information content (AvgIpc) is 2.83. The van der Waals surface area contributed by atoms with E-state index in [1.165, 1.54) is 0 Å². The first-order valence-corrected chi connectivity index (χ1v) is 6.41. The molecule has 0 unspecified atom stereocenters. The summed E-state index contributed by atoms with van der Waals surface area (Å²) in [4.78, 5) is 0. The Morgan fingerprint density at radius 3 is 1.94 bits per heavy atom. The third kappa shape index (κ3) is 1.97. The Kier molecular flexibility index (Phi) is 2.99. The van der Waals surface area contributed by atoms with E-state index in [1.54, 1.807) is 0 Å². The van der Waals surface area contributed by atoms with Crippen molar-refractivity contribution < 1.29 is 4.52 Å². The summed E-state index contributed by atoms with van der Waals surface area (Å²) in [6, 6.07) is 19.9. The molecular formula is C15H10BrNO. The molecule has 2 nitrogen and oxygen atoms in total. The van der Waals surface area contributed by atoms with Crippen molar-refractivity contribution in [3.63, 3.8) is 0 Å². The van der Waals surface area contributed by atoms with Gasteiger partial charge in [0.05, 0.1) is 4.47 Å². The Hall–Kier alpha value is -1.87. The summed E-state index contributed by atoms with van der Waals surface area (Å²) < 4.78 is 6.33. The zero-order valence-corrected chi connectivity index (χ0v) is 11.1. The Morgan fingerprint density at radius 2 is 1.33 bits per heavy atom. The molecular weight excluding hydrogens is 290 g/mol. The quantitative estimate of drug-likeness (QED) is 0.681. The maximum absolute atomic E-state index is 5.44. The molecule has 1 aromatic heterocycles. The van der Waals surface area contributed by atoms with Gasteiger partial charge in [0, 0.05) is 11.1 Å². The molecule has 3 heteroatoms. The molecule has 18 heavy (non-hydrogen) atoms. The second-order valence-corrected chi connectivity index (χ2v) is 4.70. The zero-order valence-electron chi connectivity index (χ0n) is 9.51. The third-order valence-electron chi connectivity index (χ3n) is 2.72. The predicted octanol–water partition coefficient (Wildman–Crippen LogP) is 4.77. The topological polar surface area (TPSA) is 26.0 Å². The molecule has 0 amide bonds. The van der Waals surface area contributed by atoms with Crippen LogP contribution >= 0.6 is 15.9 Å². The molecule has 0 aliphatic rings. The van der Waals surface area contributed by atoms with E-state index in [9.17, 15) is 0 Å². The molecule has 0 saturated carbocycles. The van der Waals surface area contributed by atoms with Crippen LogP contribution in [0.5, 0.6) is 0 Å². The molecule has 0 N–H and O–H groups in total. The fraction of sp³-hybridized carbons (Fsp3) is 0. The molecule has 0 radical (unpaired) electrons. The van der Waals surface area contributed by atoms with Crippen LogP contribution < -0.4 is 0 Å². The monoisotopic (exact) mass is 299 g/mol. The minimum absolute atomic E-state index is 0.759. The first kappa shape index (κ1) is 11.2. The predicted molar refractivity (Wildman–Crippen MR) is 75.1 cm³/mol. The van der Waals surface area contributed by atoms with Gasteiger partial charge in [-0.15, -0.1) is 0 Å². The van der Waals surface area contributed by atoms with E-state index in [-0.39, 0.29) is 0 Å². The van der Waals surface area contributed by atoms with Gasteiger partial charge in [-0.25, -0.2) is 0 Å². The zero-order chi connectivity index (χ0) is 12.4. The van der Waals surface area contributed by atoms with Crippen molar-refractivity contribution in [2.75, 3.05) is 0 Å². The van der Waals surface area contributed by atoms with Crippen LogP contribution in [0.15, 0.2) is 69.7 Å². The maximum Gasteiger partial charge on any atom is 0.181 e. The van der Waals surface area contributed by atoms with Crippen molar-refractivity contribution in [1.82, 2.24) is 5.16 Å². The summed E-state index contributed by atoms with van der Waals surface area (Å²) in [6.07, 6.45) is 0. The average molecular weight is 300 g/mol. The molecule has 0 aliphatic heterocycles. The molecule has 1 heterocycles. The van der Waals surface area contributed by atoms with Gasteiger partial charge in [-0.2, -0.15) is 0 Å². The van der Waals surface area contributed by atoms with Gasteiger partial charge >= 0.3 is 0 Å². The lowest BCUT2D eigenvalue weighted by atomic mass is 10.1. The smallest absolute Gasteiger partial charge is 0.181 e. The van der Waals surface area contributed by atoms with Gasteiger partial charge in [-0.1, -0.05) is 65.8 Å². The van der Waals surface area contributed by atoms with Crippen LogP contribution in [0.25, 0.3) is 22.6 Å². The van der Waals surface area contributed by atoms with E-state index in [2.05, 4.69) is 21.1 Å². The fourth-order valence-corrected chi connectivity index (χ4v) is 2.43. The summed E-state index contributed by atoms with van der Waals surface area (Å²) in [5.74, 6) is 0.759. The van der Waals surface area contributed by atoms with Gasteiger partial charge in [-0.05, 0) is 15.9 Å².